The average molecular weight is 188 g/mol. The lowest BCUT2D eigenvalue weighted by atomic mass is 9.71. The molecule has 1 aromatic heterocycles. The maximum absolute atomic E-state index is 13.4. The molecule has 0 N–H and O–H groups in total. The summed E-state index contributed by atoms with van der Waals surface area (Å²) in [5.74, 6) is -0.393. The predicted octanol–water partition coefficient (Wildman–Crippen LogP) is 2.69. The topological polar surface area (TPSA) is 17.2 Å². The number of nitrogens with zero attached hydrogens (tertiary/aromatic N) is 2. The van der Waals surface area contributed by atoms with E-state index in [0.717, 1.165) is 5.57 Å². The molecular weight excluding hydrogens is 179 g/mol. The molecule has 2 rings (SSSR count). The van der Waals surface area contributed by atoms with E-state index in [4.69, 9.17) is 6.57 Å². The molecule has 1 saturated carbocycles. The Morgan fingerprint density at radius 2 is 2.29 bits per heavy atom. The van der Waals surface area contributed by atoms with Gasteiger partial charge in [0, 0.05) is 6.20 Å². The normalized spacial score (nSPS) is 18.4. The summed E-state index contributed by atoms with van der Waals surface area (Å²) in [4.78, 5) is 7.44. The minimum absolute atomic E-state index is 0.266. The predicted molar refractivity (Wildman–Crippen MR) is 50.8 cm³/mol. The van der Waals surface area contributed by atoms with Crippen LogP contribution in [0.3, 0.4) is 0 Å². The number of hydrogen-bond acceptors (Lipinski definition) is 1. The van der Waals surface area contributed by atoms with Gasteiger partial charge in [0.2, 0.25) is 0 Å². The highest BCUT2D eigenvalue weighted by molar-refractivity contribution is 5.35. The van der Waals surface area contributed by atoms with Gasteiger partial charge in [-0.15, -0.1) is 0 Å². The van der Waals surface area contributed by atoms with Gasteiger partial charge >= 0.3 is 0 Å². The van der Waals surface area contributed by atoms with E-state index in [1.165, 1.54) is 18.3 Å². The molecule has 70 valence electrons. The standard InChI is InChI=1S/C11H9FN2/c1-8-6-11(7-8,13-2)10-9(12)4-3-5-14-10/h3-5H,1,6-7H2. The molecule has 0 spiro atoms. The summed E-state index contributed by atoms with van der Waals surface area (Å²) in [6.45, 7) is 10.9. The molecule has 0 amide bonds. The average Bonchev–Trinajstić information content (AvgIpc) is 2.14. The Morgan fingerprint density at radius 3 is 2.79 bits per heavy atom. The number of pyridine rings is 1. The van der Waals surface area contributed by atoms with Crippen LogP contribution < -0.4 is 0 Å². The molecule has 1 fully saturated rings. The Morgan fingerprint density at radius 1 is 1.57 bits per heavy atom. The highest BCUT2D eigenvalue weighted by atomic mass is 19.1. The SMILES string of the molecule is [C-]#[N+]C1(c2ncccc2F)CC(=C)C1. The second-order valence-electron chi connectivity index (χ2n) is 3.58. The number of aromatic nitrogens is 1. The molecule has 0 atom stereocenters. The molecule has 1 aliphatic rings. The molecule has 0 bridgehead atoms. The van der Waals surface area contributed by atoms with Crippen LogP contribution in [0.25, 0.3) is 4.85 Å². The molecule has 3 heteroatoms. The van der Waals surface area contributed by atoms with E-state index in [-0.39, 0.29) is 5.69 Å². The van der Waals surface area contributed by atoms with Crippen molar-refractivity contribution in [2.45, 2.75) is 18.4 Å². The summed E-state index contributed by atoms with van der Waals surface area (Å²) in [5, 5.41) is 0. The van der Waals surface area contributed by atoms with Crippen LogP contribution in [0.2, 0.25) is 0 Å². The smallest absolute Gasteiger partial charge is 0.284 e. The molecule has 0 unspecified atom stereocenters. The molecule has 1 heterocycles. The molecule has 2 nitrogen and oxygen atoms in total. The van der Waals surface area contributed by atoms with Gasteiger partial charge in [0.15, 0.2) is 11.5 Å². The molecule has 0 saturated heterocycles. The summed E-state index contributed by atoms with van der Waals surface area (Å²) < 4.78 is 13.4. The summed E-state index contributed by atoms with van der Waals surface area (Å²) in [6, 6.07) is 2.88. The lowest BCUT2D eigenvalue weighted by Gasteiger charge is -2.31. The van der Waals surface area contributed by atoms with E-state index in [1.54, 1.807) is 0 Å². The highest BCUT2D eigenvalue weighted by Gasteiger charge is 2.51. The van der Waals surface area contributed by atoms with Crippen LogP contribution in [0.5, 0.6) is 0 Å². The highest BCUT2D eigenvalue weighted by Crippen LogP contribution is 2.47. The monoisotopic (exact) mass is 188 g/mol. The largest absolute Gasteiger partial charge is 0.303 e. The first-order valence-electron chi connectivity index (χ1n) is 4.34. The second-order valence-corrected chi connectivity index (χ2v) is 3.58. The zero-order chi connectivity index (χ0) is 10.2. The molecule has 14 heavy (non-hydrogen) atoms. The molecule has 1 aromatic rings. The lowest BCUT2D eigenvalue weighted by Crippen LogP contribution is -2.34. The van der Waals surface area contributed by atoms with Crippen LogP contribution in [-0.4, -0.2) is 4.98 Å². The first kappa shape index (κ1) is 8.89. The quantitative estimate of drug-likeness (QED) is 0.489. The van der Waals surface area contributed by atoms with E-state index in [1.807, 2.05) is 0 Å². The summed E-state index contributed by atoms with van der Waals surface area (Å²) in [6.07, 6.45) is 2.58. The van der Waals surface area contributed by atoms with Crippen molar-refractivity contribution in [3.8, 4) is 0 Å². The van der Waals surface area contributed by atoms with Crippen LogP contribution >= 0.6 is 0 Å². The van der Waals surface area contributed by atoms with Crippen molar-refractivity contribution in [3.05, 3.63) is 53.4 Å². The van der Waals surface area contributed by atoms with Gasteiger partial charge in [0.1, 0.15) is 0 Å². The van der Waals surface area contributed by atoms with Crippen molar-refractivity contribution in [2.24, 2.45) is 0 Å². The van der Waals surface area contributed by atoms with Gasteiger partial charge in [-0.1, -0.05) is 12.2 Å². The fraction of sp³-hybridized carbons (Fsp3) is 0.273. The van der Waals surface area contributed by atoms with Gasteiger partial charge in [0.25, 0.3) is 5.54 Å². The molecule has 0 radical (unpaired) electrons. The van der Waals surface area contributed by atoms with Gasteiger partial charge in [-0.3, -0.25) is 0 Å². The summed E-state index contributed by atoms with van der Waals surface area (Å²) in [5.41, 5.74) is 0.482. The zero-order valence-corrected chi connectivity index (χ0v) is 7.63. The van der Waals surface area contributed by atoms with Crippen LogP contribution in [0.4, 0.5) is 4.39 Å². The minimum Gasteiger partial charge on any atom is -0.303 e. The van der Waals surface area contributed by atoms with Gasteiger partial charge in [0.05, 0.1) is 12.8 Å². The van der Waals surface area contributed by atoms with Crippen LogP contribution in [-0.2, 0) is 5.54 Å². The number of hydrogen-bond donors (Lipinski definition) is 0. The lowest BCUT2D eigenvalue weighted by molar-refractivity contribution is 0.383. The fourth-order valence-corrected chi connectivity index (χ4v) is 1.80. The third kappa shape index (κ3) is 1.12. The summed E-state index contributed by atoms with van der Waals surface area (Å²) >= 11 is 0. The van der Waals surface area contributed by atoms with Crippen molar-refractivity contribution >= 4 is 0 Å². The Bertz CT molecular complexity index is 423. The molecule has 0 aromatic carbocycles. The van der Waals surface area contributed by atoms with E-state index in [9.17, 15) is 4.39 Å². The zero-order valence-electron chi connectivity index (χ0n) is 7.63. The van der Waals surface area contributed by atoms with Crippen molar-refractivity contribution < 1.29 is 4.39 Å². The Hall–Kier alpha value is -1.69. The first-order valence-corrected chi connectivity index (χ1v) is 4.34. The van der Waals surface area contributed by atoms with E-state index >= 15 is 0 Å². The number of halogens is 1. The van der Waals surface area contributed by atoms with E-state index < -0.39 is 11.4 Å². The Labute approximate surface area is 81.9 Å². The van der Waals surface area contributed by atoms with Gasteiger partial charge < -0.3 is 4.85 Å². The van der Waals surface area contributed by atoms with E-state index in [2.05, 4.69) is 16.4 Å². The van der Waals surface area contributed by atoms with E-state index in [0.29, 0.717) is 12.8 Å². The Balaban J connectivity index is 2.45. The molecular formula is C11H9FN2. The van der Waals surface area contributed by atoms with Gasteiger partial charge in [-0.2, -0.15) is 0 Å². The molecule has 0 aliphatic heterocycles. The van der Waals surface area contributed by atoms with Crippen molar-refractivity contribution in [1.29, 1.82) is 0 Å². The van der Waals surface area contributed by atoms with Crippen molar-refractivity contribution in [2.75, 3.05) is 0 Å². The fourth-order valence-electron chi connectivity index (χ4n) is 1.80. The summed E-state index contributed by atoms with van der Waals surface area (Å²) in [7, 11) is 0. The maximum Gasteiger partial charge on any atom is 0.284 e. The minimum atomic E-state index is -0.775. The first-order chi connectivity index (χ1) is 6.68. The third-order valence-corrected chi connectivity index (χ3v) is 2.50. The number of rotatable bonds is 1. The van der Waals surface area contributed by atoms with Crippen LogP contribution in [0.1, 0.15) is 18.5 Å². The third-order valence-electron chi connectivity index (χ3n) is 2.50. The van der Waals surface area contributed by atoms with Crippen LogP contribution in [0, 0.1) is 12.4 Å². The molecule has 1 aliphatic carbocycles. The van der Waals surface area contributed by atoms with Crippen molar-refractivity contribution in [3.63, 3.8) is 0 Å². The van der Waals surface area contributed by atoms with Gasteiger partial charge in [-0.05, 0) is 12.1 Å². The Kier molecular flexibility index (Phi) is 1.85. The second kappa shape index (κ2) is 2.91. The van der Waals surface area contributed by atoms with Crippen LogP contribution in [0.15, 0.2) is 30.5 Å². The maximum atomic E-state index is 13.4. The van der Waals surface area contributed by atoms with Crippen molar-refractivity contribution in [1.82, 2.24) is 4.98 Å². The van der Waals surface area contributed by atoms with Gasteiger partial charge in [-0.25, -0.2) is 15.9 Å².